The van der Waals surface area contributed by atoms with Gasteiger partial charge in [0.05, 0.1) is 22.5 Å². The van der Waals surface area contributed by atoms with Crippen molar-refractivity contribution in [3.05, 3.63) is 58.1 Å². The van der Waals surface area contributed by atoms with E-state index in [-0.39, 0.29) is 6.54 Å². The maximum atomic E-state index is 12.4. The first kappa shape index (κ1) is 16.3. The maximum absolute atomic E-state index is 12.4. The molecule has 0 aliphatic rings. The van der Waals surface area contributed by atoms with Crippen LogP contribution in [0.2, 0.25) is 10.0 Å². The van der Waals surface area contributed by atoms with Gasteiger partial charge >= 0.3 is 0 Å². The Morgan fingerprint density at radius 2 is 1.83 bits per heavy atom. The zero-order valence-corrected chi connectivity index (χ0v) is 14.6. The zero-order chi connectivity index (χ0) is 16.8. The Morgan fingerprint density at radius 1 is 1.13 bits per heavy atom. The first-order valence-corrected chi connectivity index (χ1v) is 9.43. The number of benzene rings is 2. The van der Waals surface area contributed by atoms with Crippen LogP contribution in [0.25, 0.3) is 22.2 Å². The van der Waals surface area contributed by atoms with E-state index in [2.05, 4.69) is 0 Å². The van der Waals surface area contributed by atoms with Gasteiger partial charge in [0.25, 0.3) is 0 Å². The lowest BCUT2D eigenvalue weighted by Gasteiger charge is -2.12. The number of nitrogens with two attached hydrogens (primary N) is 1. The van der Waals surface area contributed by atoms with Crippen LogP contribution >= 0.6 is 23.2 Å². The van der Waals surface area contributed by atoms with Crippen molar-refractivity contribution in [2.45, 2.75) is 6.54 Å². The van der Waals surface area contributed by atoms with E-state index in [9.17, 15) is 8.42 Å². The van der Waals surface area contributed by atoms with Gasteiger partial charge in [0, 0.05) is 28.1 Å². The second kappa shape index (κ2) is 5.83. The molecule has 0 atom stereocenters. The number of halogens is 2. The van der Waals surface area contributed by atoms with Crippen molar-refractivity contribution in [3.8, 4) is 11.3 Å². The van der Waals surface area contributed by atoms with Gasteiger partial charge in [0.2, 0.25) is 10.0 Å². The van der Waals surface area contributed by atoms with Crippen molar-refractivity contribution in [3.63, 3.8) is 0 Å². The Hall–Kier alpha value is -1.53. The smallest absolute Gasteiger partial charge is 0.236 e. The highest BCUT2D eigenvalue weighted by Gasteiger charge is 2.24. The summed E-state index contributed by atoms with van der Waals surface area (Å²) < 4.78 is 26.1. The highest BCUT2D eigenvalue weighted by Crippen LogP contribution is 2.38. The third-order valence-corrected chi connectivity index (χ3v) is 5.25. The van der Waals surface area contributed by atoms with Crippen LogP contribution in [0.5, 0.6) is 0 Å². The van der Waals surface area contributed by atoms with Gasteiger partial charge in [-0.25, -0.2) is 12.4 Å². The average molecular weight is 369 g/mol. The predicted octanol–water partition coefficient (Wildman–Crippen LogP) is 3.88. The van der Waals surface area contributed by atoms with Gasteiger partial charge in [0.1, 0.15) is 0 Å². The summed E-state index contributed by atoms with van der Waals surface area (Å²) in [5.74, 6) is 0. The Kier molecular flexibility index (Phi) is 4.14. The molecule has 0 aliphatic carbocycles. The second-order valence-corrected chi connectivity index (χ2v) is 7.87. The third kappa shape index (κ3) is 2.74. The number of hydrogen-bond donors (Lipinski definition) is 1. The summed E-state index contributed by atoms with van der Waals surface area (Å²) >= 11 is 12.3. The zero-order valence-electron chi connectivity index (χ0n) is 12.3. The van der Waals surface area contributed by atoms with Gasteiger partial charge in [-0.05, 0) is 24.3 Å². The molecule has 2 aromatic carbocycles. The lowest BCUT2D eigenvalue weighted by molar-refractivity contribution is 0.595. The number of fused-ring (bicyclic) bond motifs is 1. The standard InChI is InChI=1S/C16H14Cl2N2O2S/c1-23(21,22)20-15-5-3-2-4-11(15)13(9-19)16(20)12-7-6-10(17)8-14(12)18/h2-8H,9,19H2,1H3. The van der Waals surface area contributed by atoms with Crippen molar-refractivity contribution in [1.82, 2.24) is 3.97 Å². The normalized spacial score (nSPS) is 12.0. The maximum Gasteiger partial charge on any atom is 0.236 e. The van der Waals surface area contributed by atoms with Crippen molar-refractivity contribution in [2.75, 3.05) is 6.26 Å². The van der Waals surface area contributed by atoms with Crippen molar-refractivity contribution >= 4 is 44.1 Å². The second-order valence-electron chi connectivity index (χ2n) is 5.20. The van der Waals surface area contributed by atoms with E-state index in [1.54, 1.807) is 30.3 Å². The number of aromatic nitrogens is 1. The van der Waals surface area contributed by atoms with Crippen molar-refractivity contribution in [1.29, 1.82) is 0 Å². The molecule has 1 aromatic heterocycles. The topological polar surface area (TPSA) is 65.1 Å². The predicted molar refractivity (Wildman–Crippen MR) is 95.5 cm³/mol. The first-order valence-electron chi connectivity index (χ1n) is 6.83. The van der Waals surface area contributed by atoms with Crippen LogP contribution < -0.4 is 5.73 Å². The fourth-order valence-corrected chi connectivity index (χ4v) is 4.34. The molecule has 0 radical (unpaired) electrons. The van der Waals surface area contributed by atoms with Crippen molar-refractivity contribution < 1.29 is 8.42 Å². The van der Waals surface area contributed by atoms with Crippen LogP contribution in [-0.4, -0.2) is 18.6 Å². The molecule has 23 heavy (non-hydrogen) atoms. The van der Waals surface area contributed by atoms with Crippen LogP contribution in [0.1, 0.15) is 5.56 Å². The van der Waals surface area contributed by atoms with Gasteiger partial charge in [-0.15, -0.1) is 0 Å². The molecule has 0 saturated heterocycles. The lowest BCUT2D eigenvalue weighted by atomic mass is 10.1. The molecular weight excluding hydrogens is 355 g/mol. The highest BCUT2D eigenvalue weighted by molar-refractivity contribution is 7.89. The number of para-hydroxylation sites is 1. The van der Waals surface area contributed by atoms with Crippen LogP contribution in [0.4, 0.5) is 0 Å². The largest absolute Gasteiger partial charge is 0.326 e. The van der Waals surface area contributed by atoms with Crippen molar-refractivity contribution in [2.24, 2.45) is 5.73 Å². The molecule has 0 unspecified atom stereocenters. The Balaban J connectivity index is 2.53. The summed E-state index contributed by atoms with van der Waals surface area (Å²) in [6, 6.07) is 12.2. The van der Waals surface area contributed by atoms with Crippen LogP contribution in [0.15, 0.2) is 42.5 Å². The molecule has 4 nitrogen and oxygen atoms in total. The van der Waals surface area contributed by atoms with E-state index in [0.717, 1.165) is 17.2 Å². The van der Waals surface area contributed by atoms with Gasteiger partial charge in [-0.2, -0.15) is 0 Å². The monoisotopic (exact) mass is 368 g/mol. The summed E-state index contributed by atoms with van der Waals surface area (Å²) in [6.07, 6.45) is 1.16. The molecule has 2 N–H and O–H groups in total. The lowest BCUT2D eigenvalue weighted by Crippen LogP contribution is -2.12. The molecule has 3 aromatic rings. The van der Waals surface area contributed by atoms with E-state index in [1.165, 1.54) is 3.97 Å². The summed E-state index contributed by atoms with van der Waals surface area (Å²) in [5, 5.41) is 1.65. The first-order chi connectivity index (χ1) is 10.8. The minimum absolute atomic E-state index is 0.192. The molecule has 120 valence electrons. The molecule has 0 spiro atoms. The van der Waals surface area contributed by atoms with Gasteiger partial charge in [-0.3, -0.25) is 0 Å². The summed E-state index contributed by atoms with van der Waals surface area (Å²) in [6.45, 7) is 0.192. The van der Waals surface area contributed by atoms with Gasteiger partial charge in [0.15, 0.2) is 0 Å². The van der Waals surface area contributed by atoms with Gasteiger partial charge < -0.3 is 5.73 Å². The minimum Gasteiger partial charge on any atom is -0.326 e. The Bertz CT molecular complexity index is 1010. The minimum atomic E-state index is -3.55. The van der Waals surface area contributed by atoms with Gasteiger partial charge in [-0.1, -0.05) is 41.4 Å². The fraction of sp³-hybridized carbons (Fsp3) is 0.125. The Labute approximate surface area is 144 Å². The van der Waals surface area contributed by atoms with Crippen LogP contribution in [-0.2, 0) is 16.6 Å². The molecule has 3 rings (SSSR count). The summed E-state index contributed by atoms with van der Waals surface area (Å²) in [4.78, 5) is 0. The third-order valence-electron chi connectivity index (χ3n) is 3.66. The number of hydrogen-bond acceptors (Lipinski definition) is 3. The van der Waals surface area contributed by atoms with Crippen LogP contribution in [0, 0.1) is 0 Å². The molecule has 0 bridgehead atoms. The van der Waals surface area contributed by atoms with E-state index in [4.69, 9.17) is 28.9 Å². The molecule has 0 aliphatic heterocycles. The SMILES string of the molecule is CS(=O)(=O)n1c(-c2ccc(Cl)cc2Cl)c(CN)c2ccccc21. The molecule has 7 heteroatoms. The van der Waals surface area contributed by atoms with E-state index >= 15 is 0 Å². The molecule has 0 saturated carbocycles. The number of nitrogens with zero attached hydrogens (tertiary/aromatic N) is 1. The van der Waals surface area contributed by atoms with E-state index < -0.39 is 10.0 Å². The summed E-state index contributed by atoms with van der Waals surface area (Å²) in [5.41, 5.74) is 8.29. The number of rotatable bonds is 3. The highest BCUT2D eigenvalue weighted by atomic mass is 35.5. The van der Waals surface area contributed by atoms with E-state index in [0.29, 0.717) is 26.8 Å². The molecule has 0 amide bonds. The van der Waals surface area contributed by atoms with Crippen LogP contribution in [0.3, 0.4) is 0 Å². The Morgan fingerprint density at radius 3 is 2.43 bits per heavy atom. The van der Waals surface area contributed by atoms with E-state index in [1.807, 2.05) is 12.1 Å². The summed E-state index contributed by atoms with van der Waals surface area (Å²) in [7, 11) is -3.55. The fourth-order valence-electron chi connectivity index (χ4n) is 2.78. The molecular formula is C16H14Cl2N2O2S. The molecule has 0 fully saturated rings. The average Bonchev–Trinajstić information content (AvgIpc) is 2.81. The quantitative estimate of drug-likeness (QED) is 0.762. The molecule has 1 heterocycles.